The van der Waals surface area contributed by atoms with E-state index in [1.165, 1.54) is 6.07 Å². The maximum atomic E-state index is 12.2. The molecule has 0 aliphatic heterocycles. The average Bonchev–Trinajstić information content (AvgIpc) is 2.55. The van der Waals surface area contributed by atoms with Gasteiger partial charge in [0.2, 0.25) is 0 Å². The van der Waals surface area contributed by atoms with Crippen LogP contribution >= 0.6 is 0 Å². The van der Waals surface area contributed by atoms with Crippen molar-refractivity contribution in [2.75, 3.05) is 6.61 Å². The molecule has 1 aromatic heterocycles. The van der Waals surface area contributed by atoms with Crippen LogP contribution in [0.15, 0.2) is 51.7 Å². The lowest BCUT2D eigenvalue weighted by atomic mass is 10.1. The monoisotopic (exact) mass is 322 g/mol. The number of ether oxygens (including phenoxy) is 1. The second-order valence-corrected chi connectivity index (χ2v) is 5.89. The van der Waals surface area contributed by atoms with Gasteiger partial charge in [-0.2, -0.15) is 0 Å². The van der Waals surface area contributed by atoms with Crippen molar-refractivity contribution in [3.63, 3.8) is 0 Å². The lowest BCUT2D eigenvalue weighted by Gasteiger charge is -2.11. The summed E-state index contributed by atoms with van der Waals surface area (Å²) in [5, 5.41) is 0.865. The molecular formula is C20H18O4. The van der Waals surface area contributed by atoms with Crippen LogP contribution in [-0.2, 0) is 0 Å². The lowest BCUT2D eigenvalue weighted by Crippen LogP contribution is -2.12. The fraction of sp³-hybridized carbons (Fsp3) is 0.200. The van der Waals surface area contributed by atoms with Crippen molar-refractivity contribution >= 4 is 16.8 Å². The first-order valence-electron chi connectivity index (χ1n) is 7.72. The molecule has 4 heteroatoms. The molecular weight excluding hydrogens is 304 g/mol. The van der Waals surface area contributed by atoms with Gasteiger partial charge in [0.1, 0.15) is 11.3 Å². The molecule has 0 fully saturated rings. The zero-order valence-electron chi connectivity index (χ0n) is 13.9. The Bertz CT molecular complexity index is 965. The second kappa shape index (κ2) is 6.32. The van der Waals surface area contributed by atoms with Crippen LogP contribution in [0.3, 0.4) is 0 Å². The van der Waals surface area contributed by atoms with Gasteiger partial charge in [0.05, 0.1) is 0 Å². The minimum Gasteiger partial charge on any atom is -0.485 e. The van der Waals surface area contributed by atoms with E-state index in [0.29, 0.717) is 22.5 Å². The normalized spacial score (nSPS) is 10.8. The number of fused-ring (bicyclic) bond motifs is 1. The van der Waals surface area contributed by atoms with Crippen molar-refractivity contribution in [1.82, 2.24) is 0 Å². The summed E-state index contributed by atoms with van der Waals surface area (Å²) < 4.78 is 11.0. The van der Waals surface area contributed by atoms with E-state index in [9.17, 15) is 9.59 Å². The lowest BCUT2D eigenvalue weighted by molar-refractivity contribution is 0.0921. The quantitative estimate of drug-likeness (QED) is 0.538. The number of aryl methyl sites for hydroxylation is 3. The van der Waals surface area contributed by atoms with E-state index in [0.717, 1.165) is 16.5 Å². The van der Waals surface area contributed by atoms with Crippen LogP contribution in [0.25, 0.3) is 11.0 Å². The molecule has 0 unspecified atom stereocenters. The summed E-state index contributed by atoms with van der Waals surface area (Å²) in [6, 6.07) is 12.5. The third-order valence-electron chi connectivity index (χ3n) is 4.05. The number of rotatable bonds is 4. The molecule has 0 spiro atoms. The fourth-order valence-electron chi connectivity index (χ4n) is 2.62. The maximum Gasteiger partial charge on any atom is 0.336 e. The summed E-state index contributed by atoms with van der Waals surface area (Å²) in [5.74, 6) is 0.442. The van der Waals surface area contributed by atoms with Crippen molar-refractivity contribution in [2.24, 2.45) is 0 Å². The number of benzene rings is 2. The van der Waals surface area contributed by atoms with Crippen molar-refractivity contribution in [1.29, 1.82) is 0 Å². The van der Waals surface area contributed by atoms with Crippen LogP contribution in [-0.4, -0.2) is 12.4 Å². The van der Waals surface area contributed by atoms with Crippen LogP contribution in [0.4, 0.5) is 0 Å². The van der Waals surface area contributed by atoms with Gasteiger partial charge in [0, 0.05) is 22.6 Å². The summed E-state index contributed by atoms with van der Waals surface area (Å²) in [6.45, 7) is 5.58. The highest BCUT2D eigenvalue weighted by Crippen LogP contribution is 2.28. The van der Waals surface area contributed by atoms with Gasteiger partial charge in [0.15, 0.2) is 12.4 Å². The molecule has 0 radical (unpaired) electrons. The van der Waals surface area contributed by atoms with Crippen LogP contribution in [0.5, 0.6) is 5.75 Å². The summed E-state index contributed by atoms with van der Waals surface area (Å²) in [7, 11) is 0. The largest absolute Gasteiger partial charge is 0.485 e. The first-order valence-corrected chi connectivity index (χ1v) is 7.72. The van der Waals surface area contributed by atoms with E-state index in [-0.39, 0.29) is 12.4 Å². The highest BCUT2D eigenvalue weighted by molar-refractivity contribution is 5.97. The molecule has 0 atom stereocenters. The zero-order valence-corrected chi connectivity index (χ0v) is 13.9. The van der Waals surface area contributed by atoms with Gasteiger partial charge in [-0.15, -0.1) is 0 Å². The minimum absolute atomic E-state index is 0.0640. The minimum atomic E-state index is -0.393. The molecule has 2 aromatic carbocycles. The molecule has 1 heterocycles. The number of carbonyl (C=O) groups excluding carboxylic acids is 1. The van der Waals surface area contributed by atoms with Crippen LogP contribution in [0.2, 0.25) is 0 Å². The van der Waals surface area contributed by atoms with Crippen molar-refractivity contribution in [3.8, 4) is 5.75 Å². The van der Waals surface area contributed by atoms with Crippen LogP contribution in [0, 0.1) is 20.8 Å². The highest BCUT2D eigenvalue weighted by Gasteiger charge is 2.12. The van der Waals surface area contributed by atoms with E-state index >= 15 is 0 Å². The molecule has 0 bridgehead atoms. The summed E-state index contributed by atoms with van der Waals surface area (Å²) >= 11 is 0. The van der Waals surface area contributed by atoms with E-state index in [2.05, 4.69) is 0 Å². The first-order chi connectivity index (χ1) is 11.5. The molecule has 3 rings (SSSR count). The van der Waals surface area contributed by atoms with Crippen molar-refractivity contribution in [3.05, 3.63) is 75.1 Å². The molecule has 0 saturated carbocycles. The molecule has 0 aliphatic carbocycles. The van der Waals surface area contributed by atoms with E-state index in [4.69, 9.17) is 9.15 Å². The molecule has 0 aliphatic rings. The Labute approximate surface area is 139 Å². The third-order valence-corrected chi connectivity index (χ3v) is 4.05. The summed E-state index contributed by atoms with van der Waals surface area (Å²) in [5.41, 5.74) is 3.39. The number of ketones is 1. The average molecular weight is 322 g/mol. The van der Waals surface area contributed by atoms with Gasteiger partial charge >= 0.3 is 5.63 Å². The van der Waals surface area contributed by atoms with Crippen LogP contribution < -0.4 is 10.4 Å². The molecule has 122 valence electrons. The molecule has 0 amide bonds. The van der Waals surface area contributed by atoms with Gasteiger partial charge in [-0.3, -0.25) is 4.79 Å². The Morgan fingerprint density at radius 3 is 2.46 bits per heavy atom. The second-order valence-electron chi connectivity index (χ2n) is 5.89. The highest BCUT2D eigenvalue weighted by atomic mass is 16.5. The Hall–Kier alpha value is -2.88. The number of carbonyl (C=O) groups is 1. The third kappa shape index (κ3) is 3.08. The molecule has 4 nitrogen and oxygen atoms in total. The van der Waals surface area contributed by atoms with Crippen LogP contribution in [0.1, 0.15) is 27.0 Å². The Kier molecular flexibility index (Phi) is 4.21. The maximum absolute atomic E-state index is 12.2. The molecule has 24 heavy (non-hydrogen) atoms. The molecule has 0 saturated heterocycles. The smallest absolute Gasteiger partial charge is 0.336 e. The topological polar surface area (TPSA) is 56.5 Å². The van der Waals surface area contributed by atoms with Gasteiger partial charge in [-0.1, -0.05) is 29.8 Å². The molecule has 0 N–H and O–H groups in total. The van der Waals surface area contributed by atoms with Crippen molar-refractivity contribution in [2.45, 2.75) is 20.8 Å². The SMILES string of the molecule is Cc1ccc(C(=O)COc2ccc3c(C)cc(=O)oc3c2C)cc1. The Balaban J connectivity index is 1.85. The Morgan fingerprint density at radius 2 is 1.75 bits per heavy atom. The van der Waals surface area contributed by atoms with Gasteiger partial charge in [-0.05, 0) is 38.5 Å². The molecule has 3 aromatic rings. The fourth-order valence-corrected chi connectivity index (χ4v) is 2.62. The van der Waals surface area contributed by atoms with Crippen molar-refractivity contribution < 1.29 is 13.9 Å². The first kappa shape index (κ1) is 16.0. The van der Waals surface area contributed by atoms with Gasteiger partial charge < -0.3 is 9.15 Å². The Morgan fingerprint density at radius 1 is 1.04 bits per heavy atom. The number of Topliss-reactive ketones (excluding diaryl/α,β-unsaturated/α-hetero) is 1. The number of hydrogen-bond acceptors (Lipinski definition) is 4. The zero-order chi connectivity index (χ0) is 17.3. The van der Waals surface area contributed by atoms with E-state index in [1.807, 2.05) is 39.0 Å². The summed E-state index contributed by atoms with van der Waals surface area (Å²) in [6.07, 6.45) is 0. The summed E-state index contributed by atoms with van der Waals surface area (Å²) in [4.78, 5) is 23.8. The van der Waals surface area contributed by atoms with Gasteiger partial charge in [0.25, 0.3) is 0 Å². The number of hydrogen-bond donors (Lipinski definition) is 0. The van der Waals surface area contributed by atoms with Gasteiger partial charge in [-0.25, -0.2) is 4.79 Å². The predicted molar refractivity (Wildman–Crippen MR) is 93.0 cm³/mol. The van der Waals surface area contributed by atoms with E-state index < -0.39 is 5.63 Å². The predicted octanol–water partition coefficient (Wildman–Crippen LogP) is 3.98. The van der Waals surface area contributed by atoms with E-state index in [1.54, 1.807) is 18.2 Å². The standard InChI is InChI=1S/C20H18O4/c1-12-4-6-15(7-5-12)17(21)11-23-18-9-8-16-13(2)10-19(22)24-20(16)14(18)3/h4-10H,11H2,1-3H3.